The molecule has 1 amide bonds. The van der Waals surface area contributed by atoms with Crippen LogP contribution in [0, 0.1) is 0 Å². The van der Waals surface area contributed by atoms with Gasteiger partial charge in [0, 0.05) is 11.3 Å². The minimum Gasteiger partial charge on any atom is -0.325 e. The second-order valence-corrected chi connectivity index (χ2v) is 6.17. The minimum absolute atomic E-state index is 0.0701. The summed E-state index contributed by atoms with van der Waals surface area (Å²) < 4.78 is 0. The lowest BCUT2D eigenvalue weighted by molar-refractivity contribution is -0.113. The molecule has 0 radical (unpaired) electrons. The van der Waals surface area contributed by atoms with Gasteiger partial charge in [0.15, 0.2) is 5.82 Å². The van der Waals surface area contributed by atoms with Crippen molar-refractivity contribution in [3.05, 3.63) is 60.2 Å². The van der Waals surface area contributed by atoms with E-state index in [1.807, 2.05) is 54.6 Å². The quantitative estimate of drug-likeness (QED) is 0.671. The molecule has 0 unspecified atom stereocenters. The van der Waals surface area contributed by atoms with Crippen LogP contribution in [-0.4, -0.2) is 26.8 Å². The zero-order chi connectivity index (χ0) is 16.8. The Kier molecular flexibility index (Phi) is 5.28. The number of amides is 1. The highest BCUT2D eigenvalue weighted by atomic mass is 32.2. The molecule has 0 aliphatic rings. The standard InChI is InChI=1S/C18H18N4OS/c1-2-13-7-6-10-15(11-13)19-16(23)12-24-18-20-17(21-22-18)14-8-4-3-5-9-14/h3-11H,2,12H2,1H3,(H,19,23)(H,20,21,22). The number of aromatic nitrogens is 3. The summed E-state index contributed by atoms with van der Waals surface area (Å²) in [6.45, 7) is 2.09. The molecule has 3 aromatic rings. The molecule has 24 heavy (non-hydrogen) atoms. The average Bonchev–Trinajstić information content (AvgIpc) is 3.10. The molecular formula is C18H18N4OS. The van der Waals surface area contributed by atoms with E-state index in [2.05, 4.69) is 27.4 Å². The number of carbonyl (C=O) groups is 1. The van der Waals surface area contributed by atoms with Crippen LogP contribution in [-0.2, 0) is 11.2 Å². The van der Waals surface area contributed by atoms with E-state index in [0.29, 0.717) is 11.0 Å². The molecule has 1 heterocycles. The number of anilines is 1. The maximum absolute atomic E-state index is 12.1. The molecule has 0 aliphatic heterocycles. The van der Waals surface area contributed by atoms with E-state index < -0.39 is 0 Å². The van der Waals surface area contributed by atoms with Gasteiger partial charge in [0.2, 0.25) is 11.1 Å². The van der Waals surface area contributed by atoms with Crippen LogP contribution in [0.25, 0.3) is 11.4 Å². The molecule has 1 aromatic heterocycles. The van der Waals surface area contributed by atoms with Gasteiger partial charge in [0.05, 0.1) is 5.75 Å². The Hall–Kier alpha value is -2.60. The summed E-state index contributed by atoms with van der Waals surface area (Å²) in [5, 5.41) is 10.5. The second kappa shape index (κ2) is 7.79. The van der Waals surface area contributed by atoms with Gasteiger partial charge in [-0.1, -0.05) is 61.2 Å². The van der Waals surface area contributed by atoms with Crippen molar-refractivity contribution in [1.29, 1.82) is 0 Å². The van der Waals surface area contributed by atoms with Crippen molar-refractivity contribution in [3.63, 3.8) is 0 Å². The van der Waals surface area contributed by atoms with Gasteiger partial charge in [-0.3, -0.25) is 9.89 Å². The smallest absolute Gasteiger partial charge is 0.234 e. The molecule has 3 rings (SSSR count). The first kappa shape index (κ1) is 16.3. The third-order valence-electron chi connectivity index (χ3n) is 3.46. The number of nitrogens with zero attached hydrogens (tertiary/aromatic N) is 2. The number of carbonyl (C=O) groups excluding carboxylic acids is 1. The van der Waals surface area contributed by atoms with E-state index >= 15 is 0 Å². The highest BCUT2D eigenvalue weighted by Crippen LogP contribution is 2.19. The summed E-state index contributed by atoms with van der Waals surface area (Å²) in [7, 11) is 0. The first-order valence-electron chi connectivity index (χ1n) is 7.74. The molecule has 5 nitrogen and oxygen atoms in total. The number of thioether (sulfide) groups is 1. The largest absolute Gasteiger partial charge is 0.325 e. The van der Waals surface area contributed by atoms with Crippen molar-refractivity contribution in [2.45, 2.75) is 18.5 Å². The van der Waals surface area contributed by atoms with Crippen LogP contribution in [0.4, 0.5) is 5.69 Å². The Morgan fingerprint density at radius 3 is 2.79 bits per heavy atom. The molecule has 0 fully saturated rings. The van der Waals surface area contributed by atoms with Crippen LogP contribution >= 0.6 is 11.8 Å². The number of nitrogens with one attached hydrogen (secondary N) is 2. The average molecular weight is 338 g/mol. The van der Waals surface area contributed by atoms with Crippen molar-refractivity contribution < 1.29 is 4.79 Å². The van der Waals surface area contributed by atoms with Gasteiger partial charge in [0.25, 0.3) is 0 Å². The van der Waals surface area contributed by atoms with E-state index in [4.69, 9.17) is 0 Å². The highest BCUT2D eigenvalue weighted by Gasteiger charge is 2.09. The van der Waals surface area contributed by atoms with Crippen molar-refractivity contribution >= 4 is 23.4 Å². The zero-order valence-corrected chi connectivity index (χ0v) is 14.1. The van der Waals surface area contributed by atoms with Gasteiger partial charge in [0.1, 0.15) is 0 Å². The number of hydrogen-bond donors (Lipinski definition) is 2. The maximum Gasteiger partial charge on any atom is 0.234 e. The van der Waals surface area contributed by atoms with Gasteiger partial charge in [-0.2, -0.15) is 0 Å². The van der Waals surface area contributed by atoms with Crippen molar-refractivity contribution in [2.75, 3.05) is 11.1 Å². The van der Waals surface area contributed by atoms with Gasteiger partial charge in [-0.15, -0.1) is 5.10 Å². The first-order chi connectivity index (χ1) is 11.7. The van der Waals surface area contributed by atoms with E-state index in [0.717, 1.165) is 17.7 Å². The molecule has 2 aromatic carbocycles. The highest BCUT2D eigenvalue weighted by molar-refractivity contribution is 7.99. The lowest BCUT2D eigenvalue weighted by Gasteiger charge is -2.05. The predicted octanol–water partition coefficient (Wildman–Crippen LogP) is 3.76. The van der Waals surface area contributed by atoms with Gasteiger partial charge < -0.3 is 5.32 Å². The normalized spacial score (nSPS) is 10.5. The first-order valence-corrected chi connectivity index (χ1v) is 8.72. The Balaban J connectivity index is 1.56. The molecule has 0 aliphatic carbocycles. The molecule has 0 spiro atoms. The van der Waals surface area contributed by atoms with E-state index in [1.165, 1.54) is 17.3 Å². The predicted molar refractivity (Wildman–Crippen MR) is 97.0 cm³/mol. The third kappa shape index (κ3) is 4.23. The fourth-order valence-electron chi connectivity index (χ4n) is 2.23. The van der Waals surface area contributed by atoms with Crippen LogP contribution in [0.1, 0.15) is 12.5 Å². The van der Waals surface area contributed by atoms with Crippen LogP contribution in [0.5, 0.6) is 0 Å². The number of rotatable bonds is 6. The van der Waals surface area contributed by atoms with Crippen LogP contribution in [0.3, 0.4) is 0 Å². The Morgan fingerprint density at radius 1 is 1.17 bits per heavy atom. The van der Waals surface area contributed by atoms with Crippen LogP contribution in [0.2, 0.25) is 0 Å². The number of aryl methyl sites for hydroxylation is 1. The van der Waals surface area contributed by atoms with E-state index in [9.17, 15) is 4.79 Å². The SMILES string of the molecule is CCc1cccc(NC(=O)CSc2n[nH]c(-c3ccccc3)n2)c1. The summed E-state index contributed by atoms with van der Waals surface area (Å²) in [5.41, 5.74) is 2.99. The van der Waals surface area contributed by atoms with Gasteiger partial charge >= 0.3 is 0 Å². The van der Waals surface area contributed by atoms with Crippen LogP contribution < -0.4 is 5.32 Å². The summed E-state index contributed by atoms with van der Waals surface area (Å²) in [6.07, 6.45) is 0.942. The van der Waals surface area contributed by atoms with E-state index in [1.54, 1.807) is 0 Å². The molecule has 6 heteroatoms. The monoisotopic (exact) mass is 338 g/mol. The Morgan fingerprint density at radius 2 is 2.00 bits per heavy atom. The Bertz CT molecular complexity index is 817. The topological polar surface area (TPSA) is 70.7 Å². The third-order valence-corrected chi connectivity index (χ3v) is 4.31. The molecule has 0 saturated carbocycles. The van der Waals surface area contributed by atoms with Crippen LogP contribution in [0.15, 0.2) is 59.8 Å². The van der Waals surface area contributed by atoms with Gasteiger partial charge in [-0.05, 0) is 24.1 Å². The lowest BCUT2D eigenvalue weighted by Crippen LogP contribution is -2.14. The summed E-state index contributed by atoms with van der Waals surface area (Å²) in [6, 6.07) is 17.6. The fourth-order valence-corrected chi connectivity index (χ4v) is 2.83. The summed E-state index contributed by atoms with van der Waals surface area (Å²) in [5.74, 6) is 0.899. The molecule has 2 N–H and O–H groups in total. The van der Waals surface area contributed by atoms with E-state index in [-0.39, 0.29) is 11.7 Å². The zero-order valence-electron chi connectivity index (χ0n) is 13.3. The summed E-state index contributed by atoms with van der Waals surface area (Å²) in [4.78, 5) is 16.5. The number of benzene rings is 2. The van der Waals surface area contributed by atoms with Crippen molar-refractivity contribution in [3.8, 4) is 11.4 Å². The van der Waals surface area contributed by atoms with Gasteiger partial charge in [-0.25, -0.2) is 4.98 Å². The minimum atomic E-state index is -0.0701. The molecule has 0 atom stereocenters. The molecule has 0 bridgehead atoms. The fraction of sp³-hybridized carbons (Fsp3) is 0.167. The maximum atomic E-state index is 12.1. The lowest BCUT2D eigenvalue weighted by atomic mass is 10.1. The number of hydrogen-bond acceptors (Lipinski definition) is 4. The molecular weight excluding hydrogens is 320 g/mol. The second-order valence-electron chi connectivity index (χ2n) is 5.22. The van der Waals surface area contributed by atoms with Crippen molar-refractivity contribution in [2.24, 2.45) is 0 Å². The Labute approximate surface area is 144 Å². The number of aromatic amines is 1. The molecule has 0 saturated heterocycles. The molecule has 122 valence electrons. The summed E-state index contributed by atoms with van der Waals surface area (Å²) >= 11 is 1.31. The van der Waals surface area contributed by atoms with Crippen molar-refractivity contribution in [1.82, 2.24) is 15.2 Å². The number of H-pyrrole nitrogens is 1.